The summed E-state index contributed by atoms with van der Waals surface area (Å²) in [5.41, 5.74) is 1.44. The number of alkyl halides is 3. The third kappa shape index (κ3) is 4.90. The van der Waals surface area contributed by atoms with Crippen LogP contribution in [0.2, 0.25) is 0 Å². The third-order valence-corrected chi connectivity index (χ3v) is 5.77. The Morgan fingerprint density at radius 1 is 1.03 bits per heavy atom. The maximum Gasteiger partial charge on any atom is 0.416 e. The molecule has 1 amide bonds. The van der Waals surface area contributed by atoms with Gasteiger partial charge in [-0.15, -0.1) is 0 Å². The van der Waals surface area contributed by atoms with E-state index >= 15 is 0 Å². The van der Waals surface area contributed by atoms with Crippen LogP contribution in [-0.4, -0.2) is 36.5 Å². The molecule has 1 aliphatic rings. The number of amides is 1. The van der Waals surface area contributed by atoms with Crippen molar-refractivity contribution in [1.82, 2.24) is 10.2 Å². The van der Waals surface area contributed by atoms with E-state index in [9.17, 15) is 18.0 Å². The molecule has 162 valence electrons. The van der Waals surface area contributed by atoms with Gasteiger partial charge in [-0.05, 0) is 79.0 Å². The molecule has 3 aromatic carbocycles. The monoisotopic (exact) mass is 426 g/mol. The normalized spacial score (nSPS) is 15.9. The topological polar surface area (TPSA) is 32.3 Å². The predicted molar refractivity (Wildman–Crippen MR) is 117 cm³/mol. The molecule has 0 unspecified atom stereocenters. The van der Waals surface area contributed by atoms with Gasteiger partial charge in [0.25, 0.3) is 5.91 Å². The third-order valence-electron chi connectivity index (χ3n) is 5.77. The SMILES string of the molecule is C[C@H](CN1CCCC1)NC(=O)c1ccc2c(-c3ccc(C(F)(F)F)cc3)cccc2c1. The molecule has 1 fully saturated rings. The van der Waals surface area contributed by atoms with E-state index in [2.05, 4.69) is 10.2 Å². The van der Waals surface area contributed by atoms with E-state index in [1.165, 1.54) is 25.0 Å². The molecule has 0 aromatic heterocycles. The van der Waals surface area contributed by atoms with Crippen LogP contribution in [0.5, 0.6) is 0 Å². The van der Waals surface area contributed by atoms with Crippen molar-refractivity contribution in [3.8, 4) is 11.1 Å². The van der Waals surface area contributed by atoms with Gasteiger partial charge in [-0.3, -0.25) is 4.79 Å². The van der Waals surface area contributed by atoms with Crippen LogP contribution in [0.3, 0.4) is 0 Å². The molecule has 0 bridgehead atoms. The van der Waals surface area contributed by atoms with Gasteiger partial charge in [0.05, 0.1) is 5.56 Å². The Balaban J connectivity index is 1.54. The van der Waals surface area contributed by atoms with Crippen molar-refractivity contribution in [2.45, 2.75) is 32.0 Å². The van der Waals surface area contributed by atoms with Gasteiger partial charge in [0.15, 0.2) is 0 Å². The zero-order valence-electron chi connectivity index (χ0n) is 17.4. The molecule has 1 aliphatic heterocycles. The number of benzene rings is 3. The van der Waals surface area contributed by atoms with Crippen molar-refractivity contribution in [3.05, 3.63) is 71.8 Å². The van der Waals surface area contributed by atoms with E-state index < -0.39 is 11.7 Å². The summed E-state index contributed by atoms with van der Waals surface area (Å²) >= 11 is 0. The molecule has 3 aromatic rings. The van der Waals surface area contributed by atoms with Gasteiger partial charge in [-0.2, -0.15) is 13.2 Å². The lowest BCUT2D eigenvalue weighted by molar-refractivity contribution is -0.137. The van der Waals surface area contributed by atoms with Crippen LogP contribution in [0.4, 0.5) is 13.2 Å². The molecule has 4 rings (SSSR count). The summed E-state index contributed by atoms with van der Waals surface area (Å²) in [6.07, 6.45) is -1.93. The largest absolute Gasteiger partial charge is 0.416 e. The van der Waals surface area contributed by atoms with E-state index in [1.54, 1.807) is 6.07 Å². The van der Waals surface area contributed by atoms with Crippen molar-refractivity contribution >= 4 is 16.7 Å². The standard InChI is InChI=1S/C25H25F3N2O/c1-17(16-30-13-2-3-14-30)29-24(31)20-9-12-23-19(15-20)5-4-6-22(23)18-7-10-21(11-8-18)25(26,27)28/h4-12,15,17H,2-3,13-14,16H2,1H3,(H,29,31)/t17-/m1/s1. The van der Waals surface area contributed by atoms with E-state index in [-0.39, 0.29) is 11.9 Å². The second kappa shape index (κ2) is 8.71. The first-order valence-corrected chi connectivity index (χ1v) is 10.5. The van der Waals surface area contributed by atoms with Crippen molar-refractivity contribution in [1.29, 1.82) is 0 Å². The Hall–Kier alpha value is -2.86. The van der Waals surface area contributed by atoms with Crippen LogP contribution in [-0.2, 0) is 6.18 Å². The number of hydrogen-bond acceptors (Lipinski definition) is 2. The fraction of sp³-hybridized carbons (Fsp3) is 0.320. The number of halogens is 3. The number of nitrogens with one attached hydrogen (secondary N) is 1. The number of nitrogens with zero attached hydrogens (tertiary/aromatic N) is 1. The van der Waals surface area contributed by atoms with E-state index in [1.807, 2.05) is 37.3 Å². The van der Waals surface area contributed by atoms with Gasteiger partial charge < -0.3 is 10.2 Å². The van der Waals surface area contributed by atoms with Gasteiger partial charge >= 0.3 is 6.18 Å². The zero-order chi connectivity index (χ0) is 22.0. The summed E-state index contributed by atoms with van der Waals surface area (Å²) in [6.45, 7) is 5.03. The average molecular weight is 426 g/mol. The Labute approximate surface area is 179 Å². The van der Waals surface area contributed by atoms with Crippen LogP contribution in [0.25, 0.3) is 21.9 Å². The first-order chi connectivity index (χ1) is 14.8. The molecule has 1 saturated heterocycles. The minimum absolute atomic E-state index is 0.0554. The fourth-order valence-corrected chi connectivity index (χ4v) is 4.22. The number of likely N-dealkylation sites (tertiary alicyclic amines) is 1. The molecule has 3 nitrogen and oxygen atoms in total. The van der Waals surface area contributed by atoms with Crippen molar-refractivity contribution in [2.24, 2.45) is 0 Å². The molecular formula is C25H25F3N2O. The number of carbonyl (C=O) groups is 1. The minimum Gasteiger partial charge on any atom is -0.348 e. The van der Waals surface area contributed by atoms with E-state index in [0.29, 0.717) is 11.1 Å². The lowest BCUT2D eigenvalue weighted by Crippen LogP contribution is -2.41. The summed E-state index contributed by atoms with van der Waals surface area (Å²) in [6, 6.07) is 16.3. The Morgan fingerprint density at radius 2 is 1.74 bits per heavy atom. The van der Waals surface area contributed by atoms with Gasteiger partial charge in [0.1, 0.15) is 0 Å². The molecule has 1 N–H and O–H groups in total. The molecule has 31 heavy (non-hydrogen) atoms. The summed E-state index contributed by atoms with van der Waals surface area (Å²) in [4.78, 5) is 15.1. The van der Waals surface area contributed by atoms with Crippen LogP contribution < -0.4 is 5.32 Å². The highest BCUT2D eigenvalue weighted by atomic mass is 19.4. The Bertz CT molecular complexity index is 1070. The van der Waals surface area contributed by atoms with Gasteiger partial charge in [0.2, 0.25) is 0 Å². The van der Waals surface area contributed by atoms with Gasteiger partial charge in [0, 0.05) is 18.2 Å². The maximum absolute atomic E-state index is 12.9. The van der Waals surface area contributed by atoms with Crippen LogP contribution >= 0.6 is 0 Å². The summed E-state index contributed by atoms with van der Waals surface area (Å²) in [5, 5.41) is 4.83. The molecule has 1 atom stereocenters. The molecule has 6 heteroatoms. The highest BCUT2D eigenvalue weighted by molar-refractivity contribution is 6.02. The zero-order valence-corrected chi connectivity index (χ0v) is 17.4. The minimum atomic E-state index is -4.36. The maximum atomic E-state index is 12.9. The lowest BCUT2D eigenvalue weighted by Gasteiger charge is -2.21. The average Bonchev–Trinajstić information content (AvgIpc) is 3.25. The van der Waals surface area contributed by atoms with Crippen LogP contribution in [0.1, 0.15) is 35.7 Å². The quantitative estimate of drug-likeness (QED) is 0.564. The lowest BCUT2D eigenvalue weighted by atomic mass is 9.96. The molecule has 0 spiro atoms. The number of rotatable bonds is 5. The molecule has 0 aliphatic carbocycles. The van der Waals surface area contributed by atoms with Crippen molar-refractivity contribution in [2.75, 3.05) is 19.6 Å². The highest BCUT2D eigenvalue weighted by Gasteiger charge is 2.30. The molecule has 0 saturated carbocycles. The first kappa shape index (κ1) is 21.4. The second-order valence-corrected chi connectivity index (χ2v) is 8.20. The second-order valence-electron chi connectivity index (χ2n) is 8.20. The summed E-state index contributed by atoms with van der Waals surface area (Å²) in [7, 11) is 0. The van der Waals surface area contributed by atoms with Gasteiger partial charge in [-0.25, -0.2) is 0 Å². The Morgan fingerprint density at radius 3 is 2.42 bits per heavy atom. The number of carbonyl (C=O) groups excluding carboxylic acids is 1. The van der Waals surface area contributed by atoms with Crippen molar-refractivity contribution < 1.29 is 18.0 Å². The molecule has 0 radical (unpaired) electrons. The molecular weight excluding hydrogens is 401 g/mol. The van der Waals surface area contributed by atoms with Crippen LogP contribution in [0, 0.1) is 0 Å². The fourth-order valence-electron chi connectivity index (χ4n) is 4.22. The molecule has 1 heterocycles. The highest BCUT2D eigenvalue weighted by Crippen LogP contribution is 2.33. The van der Waals surface area contributed by atoms with Crippen molar-refractivity contribution in [3.63, 3.8) is 0 Å². The summed E-state index contributed by atoms with van der Waals surface area (Å²) in [5.74, 6) is -0.117. The van der Waals surface area contributed by atoms with E-state index in [4.69, 9.17) is 0 Å². The predicted octanol–water partition coefficient (Wildman–Crippen LogP) is 5.74. The summed E-state index contributed by atoms with van der Waals surface area (Å²) < 4.78 is 38.6. The van der Waals surface area contributed by atoms with E-state index in [0.717, 1.165) is 48.1 Å². The number of hydrogen-bond donors (Lipinski definition) is 1. The Kier molecular flexibility index (Phi) is 6.01. The first-order valence-electron chi connectivity index (χ1n) is 10.5. The van der Waals surface area contributed by atoms with Gasteiger partial charge in [-0.1, -0.05) is 36.4 Å². The van der Waals surface area contributed by atoms with Crippen LogP contribution in [0.15, 0.2) is 60.7 Å². The smallest absolute Gasteiger partial charge is 0.348 e. The number of fused-ring (bicyclic) bond motifs is 1.